The summed E-state index contributed by atoms with van der Waals surface area (Å²) in [5, 5.41) is 4.26. The lowest BCUT2D eigenvalue weighted by molar-refractivity contribution is -0.119. The Labute approximate surface area is 149 Å². The fraction of sp³-hybridized carbons (Fsp3) is 0.588. The number of carbonyl (C=O) groups is 1. The van der Waals surface area contributed by atoms with Crippen molar-refractivity contribution in [3.05, 3.63) is 20.8 Å². The maximum atomic E-state index is 12.4. The molecule has 1 atom stereocenters. The summed E-state index contributed by atoms with van der Waals surface area (Å²) in [6.45, 7) is 4.11. The monoisotopic (exact) mass is 365 g/mol. The predicted molar refractivity (Wildman–Crippen MR) is 100 cm³/mol. The number of aromatic amines is 1. The Morgan fingerprint density at radius 2 is 2.21 bits per heavy atom. The summed E-state index contributed by atoms with van der Waals surface area (Å²) >= 11 is 2.93. The highest BCUT2D eigenvalue weighted by atomic mass is 32.2. The number of H-pyrrole nitrogens is 1. The molecule has 0 aliphatic heterocycles. The van der Waals surface area contributed by atoms with Gasteiger partial charge in [0.1, 0.15) is 4.83 Å². The van der Waals surface area contributed by atoms with Crippen molar-refractivity contribution in [1.82, 2.24) is 15.3 Å². The Morgan fingerprint density at radius 1 is 1.42 bits per heavy atom. The van der Waals surface area contributed by atoms with Gasteiger partial charge in [0.25, 0.3) is 5.56 Å². The van der Waals surface area contributed by atoms with E-state index in [4.69, 9.17) is 0 Å². The van der Waals surface area contributed by atoms with Crippen LogP contribution in [0.3, 0.4) is 0 Å². The van der Waals surface area contributed by atoms with Crippen molar-refractivity contribution in [2.75, 3.05) is 5.75 Å². The average Bonchev–Trinajstić information content (AvgIpc) is 2.92. The lowest BCUT2D eigenvalue weighted by atomic mass is 9.97. The molecule has 5 nitrogen and oxygen atoms in total. The van der Waals surface area contributed by atoms with Crippen molar-refractivity contribution in [2.24, 2.45) is 0 Å². The Kier molecular flexibility index (Phi) is 5.61. The summed E-state index contributed by atoms with van der Waals surface area (Å²) in [6.07, 6.45) is 6.38. The van der Waals surface area contributed by atoms with Crippen molar-refractivity contribution in [3.63, 3.8) is 0 Å². The maximum Gasteiger partial charge on any atom is 0.260 e. The van der Waals surface area contributed by atoms with Crippen LogP contribution in [0.5, 0.6) is 0 Å². The van der Waals surface area contributed by atoms with E-state index in [9.17, 15) is 9.59 Å². The highest BCUT2D eigenvalue weighted by molar-refractivity contribution is 7.99. The van der Waals surface area contributed by atoms with Crippen LogP contribution in [0.2, 0.25) is 0 Å². The standard InChI is InChI=1S/C17H23N3O2S2/c1-3-6-10(2)18-13(21)9-23-17-19-15(22)14-11-7-4-5-8-12(11)24-16(14)20-17/h10H,3-9H2,1-2H3,(H,18,21)(H,19,20,22)/t10-/m0/s1. The molecule has 7 heteroatoms. The van der Waals surface area contributed by atoms with Crippen LogP contribution in [-0.2, 0) is 17.6 Å². The van der Waals surface area contributed by atoms with Crippen LogP contribution in [0.4, 0.5) is 0 Å². The van der Waals surface area contributed by atoms with Crippen LogP contribution >= 0.6 is 23.1 Å². The second kappa shape index (κ2) is 7.70. The predicted octanol–water partition coefficient (Wildman–Crippen LogP) is 3.26. The summed E-state index contributed by atoms with van der Waals surface area (Å²) in [7, 11) is 0. The van der Waals surface area contributed by atoms with Crippen molar-refractivity contribution in [2.45, 2.75) is 63.6 Å². The first-order chi connectivity index (χ1) is 11.6. The van der Waals surface area contributed by atoms with Crippen LogP contribution in [0.1, 0.15) is 50.0 Å². The van der Waals surface area contributed by atoms with E-state index in [1.807, 2.05) is 6.92 Å². The summed E-state index contributed by atoms with van der Waals surface area (Å²) < 4.78 is 0. The fourth-order valence-corrected chi connectivity index (χ4v) is 5.16. The smallest absolute Gasteiger partial charge is 0.260 e. The van der Waals surface area contributed by atoms with Gasteiger partial charge in [0.05, 0.1) is 11.1 Å². The number of aryl methyl sites for hydroxylation is 2. The molecule has 1 aliphatic rings. The van der Waals surface area contributed by atoms with Gasteiger partial charge in [-0.05, 0) is 44.6 Å². The largest absolute Gasteiger partial charge is 0.353 e. The average molecular weight is 366 g/mol. The minimum absolute atomic E-state index is 0.0193. The molecule has 0 aromatic carbocycles. The summed E-state index contributed by atoms with van der Waals surface area (Å²) in [6, 6.07) is 0.182. The van der Waals surface area contributed by atoms with Crippen molar-refractivity contribution in [3.8, 4) is 0 Å². The highest BCUT2D eigenvalue weighted by Crippen LogP contribution is 2.34. The lowest BCUT2D eigenvalue weighted by Gasteiger charge is -2.12. The van der Waals surface area contributed by atoms with Crippen LogP contribution in [0.25, 0.3) is 10.2 Å². The van der Waals surface area contributed by atoms with Gasteiger partial charge in [-0.1, -0.05) is 25.1 Å². The van der Waals surface area contributed by atoms with E-state index in [1.165, 1.54) is 28.6 Å². The molecule has 1 aliphatic carbocycles. The molecule has 0 spiro atoms. The lowest BCUT2D eigenvalue weighted by Crippen LogP contribution is -2.33. The second-order valence-electron chi connectivity index (χ2n) is 6.31. The van der Waals surface area contributed by atoms with Gasteiger partial charge in [-0.3, -0.25) is 9.59 Å². The first-order valence-electron chi connectivity index (χ1n) is 8.55. The third-order valence-electron chi connectivity index (χ3n) is 4.27. The highest BCUT2D eigenvalue weighted by Gasteiger charge is 2.20. The normalized spacial score (nSPS) is 15.2. The molecular formula is C17H23N3O2S2. The number of thiophene rings is 1. The Balaban J connectivity index is 1.72. The van der Waals surface area contributed by atoms with Crippen LogP contribution in [0.15, 0.2) is 9.95 Å². The second-order valence-corrected chi connectivity index (χ2v) is 8.36. The molecule has 0 unspecified atom stereocenters. The van der Waals surface area contributed by atoms with E-state index in [1.54, 1.807) is 11.3 Å². The SMILES string of the molecule is CCC[C@H](C)NC(=O)CSc1nc2sc3c(c2c(=O)[nH]1)CCCC3. The van der Waals surface area contributed by atoms with Gasteiger partial charge in [0.15, 0.2) is 5.16 Å². The maximum absolute atomic E-state index is 12.4. The quantitative estimate of drug-likeness (QED) is 0.609. The Bertz CT molecular complexity index is 797. The number of hydrogen-bond donors (Lipinski definition) is 2. The number of carbonyl (C=O) groups excluding carboxylic acids is 1. The molecule has 3 rings (SSSR count). The number of hydrogen-bond acceptors (Lipinski definition) is 5. The molecule has 2 aromatic rings. The number of aromatic nitrogens is 2. The van der Waals surface area contributed by atoms with E-state index < -0.39 is 0 Å². The van der Waals surface area contributed by atoms with Gasteiger partial charge in [0, 0.05) is 10.9 Å². The van der Waals surface area contributed by atoms with Crippen LogP contribution in [0, 0.1) is 0 Å². The molecule has 0 saturated heterocycles. The van der Waals surface area contributed by atoms with Crippen LogP contribution in [-0.4, -0.2) is 27.7 Å². The fourth-order valence-electron chi connectivity index (χ4n) is 3.17. The van der Waals surface area contributed by atoms with Crippen molar-refractivity contribution < 1.29 is 4.79 Å². The van der Waals surface area contributed by atoms with Gasteiger partial charge in [-0.2, -0.15) is 0 Å². The molecule has 2 heterocycles. The molecule has 2 N–H and O–H groups in total. The molecule has 0 fully saturated rings. The number of thioether (sulfide) groups is 1. The zero-order chi connectivity index (χ0) is 17.1. The van der Waals surface area contributed by atoms with E-state index in [-0.39, 0.29) is 23.3 Å². The molecule has 1 amide bonds. The zero-order valence-electron chi connectivity index (χ0n) is 14.1. The molecule has 2 aromatic heterocycles. The molecule has 0 saturated carbocycles. The van der Waals surface area contributed by atoms with Gasteiger partial charge in [-0.25, -0.2) is 4.98 Å². The molecule has 130 valence electrons. The van der Waals surface area contributed by atoms with Crippen molar-refractivity contribution >= 4 is 39.2 Å². The number of amides is 1. The van der Waals surface area contributed by atoms with E-state index in [2.05, 4.69) is 22.2 Å². The van der Waals surface area contributed by atoms with Gasteiger partial charge < -0.3 is 10.3 Å². The Morgan fingerprint density at radius 3 is 3.00 bits per heavy atom. The number of fused-ring (bicyclic) bond motifs is 3. The van der Waals surface area contributed by atoms with Gasteiger partial charge in [0.2, 0.25) is 5.91 Å². The van der Waals surface area contributed by atoms with E-state index >= 15 is 0 Å². The van der Waals surface area contributed by atoms with Gasteiger partial charge >= 0.3 is 0 Å². The summed E-state index contributed by atoms with van der Waals surface area (Å²) in [5.41, 5.74) is 1.12. The molecule has 0 radical (unpaired) electrons. The number of rotatable bonds is 6. The van der Waals surface area contributed by atoms with E-state index in [0.29, 0.717) is 5.16 Å². The third-order valence-corrected chi connectivity index (χ3v) is 6.33. The third kappa shape index (κ3) is 3.83. The van der Waals surface area contributed by atoms with Crippen LogP contribution < -0.4 is 10.9 Å². The number of nitrogens with zero attached hydrogens (tertiary/aromatic N) is 1. The number of nitrogens with one attached hydrogen (secondary N) is 2. The first-order valence-corrected chi connectivity index (χ1v) is 10.4. The topological polar surface area (TPSA) is 74.8 Å². The summed E-state index contributed by atoms with van der Waals surface area (Å²) in [5.74, 6) is 0.252. The Hall–Kier alpha value is -1.34. The first kappa shape index (κ1) is 17.5. The zero-order valence-corrected chi connectivity index (χ0v) is 15.7. The van der Waals surface area contributed by atoms with Crippen molar-refractivity contribution in [1.29, 1.82) is 0 Å². The van der Waals surface area contributed by atoms with E-state index in [0.717, 1.165) is 42.3 Å². The molecule has 0 bridgehead atoms. The minimum Gasteiger partial charge on any atom is -0.353 e. The molecular weight excluding hydrogens is 342 g/mol. The minimum atomic E-state index is -0.0679. The van der Waals surface area contributed by atoms with Gasteiger partial charge in [-0.15, -0.1) is 11.3 Å². The molecule has 24 heavy (non-hydrogen) atoms. The summed E-state index contributed by atoms with van der Waals surface area (Å²) in [4.78, 5) is 33.9.